The molecule has 0 unspecified atom stereocenters. The van der Waals surface area contributed by atoms with Crippen molar-refractivity contribution in [1.82, 2.24) is 10.6 Å². The van der Waals surface area contributed by atoms with Crippen LogP contribution in [0.5, 0.6) is 11.5 Å². The largest absolute Gasteiger partial charge is 0.484 e. The predicted molar refractivity (Wildman–Crippen MR) is 107 cm³/mol. The van der Waals surface area contributed by atoms with Crippen LogP contribution in [0.25, 0.3) is 0 Å². The molecule has 11 heteroatoms. The van der Waals surface area contributed by atoms with Gasteiger partial charge >= 0.3 is 0 Å². The van der Waals surface area contributed by atoms with Gasteiger partial charge in [0.05, 0.1) is 21.9 Å². The van der Waals surface area contributed by atoms with Crippen molar-refractivity contribution >= 4 is 21.7 Å². The minimum absolute atomic E-state index is 0.0262. The molecule has 0 aliphatic carbocycles. The van der Waals surface area contributed by atoms with Crippen molar-refractivity contribution in [3.05, 3.63) is 48.5 Å². The fourth-order valence-corrected chi connectivity index (χ4v) is 3.50. The second kappa shape index (κ2) is 11.2. The molecule has 0 spiro atoms. The normalized spacial score (nSPS) is 10.3. The minimum Gasteiger partial charge on any atom is -0.484 e. The Morgan fingerprint density at radius 2 is 1.10 bits per heavy atom. The summed E-state index contributed by atoms with van der Waals surface area (Å²) in [6.45, 7) is -0.858. The molecule has 2 amide bonds. The summed E-state index contributed by atoms with van der Waals surface area (Å²) in [4.78, 5) is 22.9. The van der Waals surface area contributed by atoms with Crippen molar-refractivity contribution in [3.8, 4) is 23.6 Å². The van der Waals surface area contributed by atoms with Gasteiger partial charge in [0.15, 0.2) is 13.2 Å². The van der Waals surface area contributed by atoms with E-state index in [1.165, 1.54) is 48.5 Å². The third kappa shape index (κ3) is 7.03. The number of nitrogens with zero attached hydrogens (tertiary/aromatic N) is 2. The smallest absolute Gasteiger partial charge is 0.258 e. The molecule has 2 rings (SSSR count). The number of nitriles is 2. The van der Waals surface area contributed by atoms with Crippen molar-refractivity contribution in [2.45, 2.75) is 9.79 Å². The number of benzene rings is 2. The van der Waals surface area contributed by atoms with E-state index in [-0.39, 0.29) is 36.1 Å². The molecule has 0 saturated heterocycles. The van der Waals surface area contributed by atoms with Crippen LogP contribution in [0.2, 0.25) is 0 Å². The van der Waals surface area contributed by atoms with Gasteiger partial charge in [-0.2, -0.15) is 10.5 Å². The zero-order chi connectivity index (χ0) is 22.7. The Morgan fingerprint density at radius 3 is 1.42 bits per heavy atom. The molecule has 0 heterocycles. The summed E-state index contributed by atoms with van der Waals surface area (Å²) in [5.41, 5.74) is 0. The molecule has 0 saturated carbocycles. The third-order valence-electron chi connectivity index (χ3n) is 3.74. The van der Waals surface area contributed by atoms with Crippen molar-refractivity contribution in [2.24, 2.45) is 0 Å². The van der Waals surface area contributed by atoms with Crippen LogP contribution in [0.15, 0.2) is 58.3 Å². The molecule has 2 aromatic carbocycles. The number of carbonyl (C=O) groups excluding carboxylic acids is 2. The van der Waals surface area contributed by atoms with Crippen LogP contribution in [0, 0.1) is 22.7 Å². The number of hydrogen-bond acceptors (Lipinski definition) is 8. The van der Waals surface area contributed by atoms with Crippen molar-refractivity contribution in [1.29, 1.82) is 10.5 Å². The Kier molecular flexibility index (Phi) is 8.37. The number of sulfone groups is 1. The van der Waals surface area contributed by atoms with E-state index in [0.717, 1.165) is 0 Å². The summed E-state index contributed by atoms with van der Waals surface area (Å²) in [7, 11) is -3.80. The molecule has 0 fully saturated rings. The summed E-state index contributed by atoms with van der Waals surface area (Å²) in [6, 6.07) is 14.6. The van der Waals surface area contributed by atoms with Gasteiger partial charge in [-0.05, 0) is 48.5 Å². The van der Waals surface area contributed by atoms with Crippen molar-refractivity contribution in [2.75, 3.05) is 26.3 Å². The second-order valence-corrected chi connectivity index (χ2v) is 7.84. The van der Waals surface area contributed by atoms with E-state index < -0.39 is 21.7 Å². The third-order valence-corrected chi connectivity index (χ3v) is 5.52. The molecule has 10 nitrogen and oxygen atoms in total. The quantitative estimate of drug-likeness (QED) is 0.505. The standard InChI is InChI=1S/C20H18N4O6S/c21-9-11-23-19(25)13-29-15-1-5-17(6-2-15)31(27,28)18-7-3-16(4-8-18)30-14-20(26)24-12-10-22/h1-8H,11-14H2,(H,23,25)(H,24,26). The molecule has 2 N–H and O–H groups in total. The topological polar surface area (TPSA) is 158 Å². The molecular formula is C20H18N4O6S. The zero-order valence-corrected chi connectivity index (χ0v) is 17.0. The van der Waals surface area contributed by atoms with Crippen molar-refractivity contribution < 1.29 is 27.5 Å². The summed E-state index contributed by atoms with van der Waals surface area (Å²) >= 11 is 0. The van der Waals surface area contributed by atoms with E-state index in [9.17, 15) is 18.0 Å². The van der Waals surface area contributed by atoms with Crippen LogP contribution in [-0.2, 0) is 19.4 Å². The zero-order valence-electron chi connectivity index (χ0n) is 16.2. The summed E-state index contributed by atoms with van der Waals surface area (Å²) < 4.78 is 36.0. The van der Waals surface area contributed by atoms with E-state index in [0.29, 0.717) is 11.5 Å². The maximum Gasteiger partial charge on any atom is 0.258 e. The highest BCUT2D eigenvalue weighted by atomic mass is 32.2. The Bertz CT molecular complexity index is 1020. The average molecular weight is 442 g/mol. The lowest BCUT2D eigenvalue weighted by molar-refractivity contribution is -0.123. The molecule has 2 aromatic rings. The molecule has 160 valence electrons. The van der Waals surface area contributed by atoms with Crippen LogP contribution in [0.4, 0.5) is 0 Å². The molecular weight excluding hydrogens is 424 g/mol. The number of hydrogen-bond donors (Lipinski definition) is 2. The lowest BCUT2D eigenvalue weighted by Crippen LogP contribution is -2.29. The Labute approximate surface area is 178 Å². The SMILES string of the molecule is N#CCNC(=O)COc1ccc(S(=O)(=O)c2ccc(OCC(=O)NCC#N)cc2)cc1. The summed E-state index contributed by atoms with van der Waals surface area (Å²) in [5.74, 6) is -0.347. The second-order valence-electron chi connectivity index (χ2n) is 5.89. The van der Waals surface area contributed by atoms with Gasteiger partial charge in [-0.15, -0.1) is 0 Å². The first kappa shape index (κ1) is 23.2. The highest BCUT2D eigenvalue weighted by Gasteiger charge is 2.18. The fourth-order valence-electron chi connectivity index (χ4n) is 2.24. The maximum absolute atomic E-state index is 12.8. The van der Waals surface area contributed by atoms with Gasteiger partial charge in [0.25, 0.3) is 11.8 Å². The number of rotatable bonds is 10. The first-order valence-corrected chi connectivity index (χ1v) is 10.3. The molecule has 31 heavy (non-hydrogen) atoms. The van der Waals surface area contributed by atoms with Gasteiger partial charge < -0.3 is 20.1 Å². The van der Waals surface area contributed by atoms with Crippen molar-refractivity contribution in [3.63, 3.8) is 0 Å². The monoisotopic (exact) mass is 442 g/mol. The van der Waals surface area contributed by atoms with Crippen LogP contribution >= 0.6 is 0 Å². The first-order valence-electron chi connectivity index (χ1n) is 8.85. The molecule has 0 bridgehead atoms. The van der Waals surface area contributed by atoms with Crippen LogP contribution < -0.4 is 20.1 Å². The Morgan fingerprint density at radius 1 is 0.742 bits per heavy atom. The minimum atomic E-state index is -3.80. The molecule has 0 aromatic heterocycles. The average Bonchev–Trinajstić information content (AvgIpc) is 2.79. The van der Waals surface area contributed by atoms with Gasteiger partial charge in [-0.25, -0.2) is 8.42 Å². The lowest BCUT2D eigenvalue weighted by atomic mass is 10.3. The lowest BCUT2D eigenvalue weighted by Gasteiger charge is -2.09. The van der Waals surface area contributed by atoms with Gasteiger partial charge in [0.1, 0.15) is 24.6 Å². The number of ether oxygens (including phenoxy) is 2. The van der Waals surface area contributed by atoms with E-state index in [4.69, 9.17) is 20.0 Å². The summed E-state index contributed by atoms with van der Waals surface area (Å²) in [5, 5.41) is 21.4. The van der Waals surface area contributed by atoms with Crippen LogP contribution in [-0.4, -0.2) is 46.5 Å². The fraction of sp³-hybridized carbons (Fsp3) is 0.200. The highest BCUT2D eigenvalue weighted by molar-refractivity contribution is 7.91. The molecule has 0 atom stereocenters. The van der Waals surface area contributed by atoms with Crippen LogP contribution in [0.1, 0.15) is 0 Å². The van der Waals surface area contributed by atoms with Gasteiger partial charge in [-0.1, -0.05) is 0 Å². The van der Waals surface area contributed by atoms with Gasteiger partial charge in [-0.3, -0.25) is 9.59 Å². The van der Waals surface area contributed by atoms with E-state index in [1.807, 2.05) is 0 Å². The summed E-state index contributed by atoms with van der Waals surface area (Å²) in [6.07, 6.45) is 0. The first-order chi connectivity index (χ1) is 14.9. The number of nitrogens with one attached hydrogen (secondary N) is 2. The van der Waals surface area contributed by atoms with Gasteiger partial charge in [0, 0.05) is 0 Å². The Hall–Kier alpha value is -4.09. The number of carbonyl (C=O) groups is 2. The highest BCUT2D eigenvalue weighted by Crippen LogP contribution is 2.24. The Balaban J connectivity index is 1.98. The van der Waals surface area contributed by atoms with E-state index >= 15 is 0 Å². The van der Waals surface area contributed by atoms with Crippen LogP contribution in [0.3, 0.4) is 0 Å². The number of amides is 2. The molecule has 0 aliphatic heterocycles. The van der Waals surface area contributed by atoms with E-state index in [2.05, 4.69) is 10.6 Å². The molecule has 0 radical (unpaired) electrons. The molecule has 0 aliphatic rings. The van der Waals surface area contributed by atoms with E-state index in [1.54, 1.807) is 12.1 Å². The maximum atomic E-state index is 12.8. The predicted octanol–water partition coefficient (Wildman–Crippen LogP) is 0.557. The van der Waals surface area contributed by atoms with Gasteiger partial charge in [0.2, 0.25) is 9.84 Å².